The molecule has 4 aliphatic heterocycles. The molecular formula is C22H25Cl2N5O2. The maximum absolute atomic E-state index is 12.5. The molecule has 0 bridgehead atoms. The molecule has 2 saturated heterocycles. The van der Waals surface area contributed by atoms with Crippen LogP contribution in [0.3, 0.4) is 0 Å². The topological polar surface area (TPSA) is 74.1 Å². The third-order valence-electron chi connectivity index (χ3n) is 6.20. The lowest BCUT2D eigenvalue weighted by atomic mass is 10.1. The van der Waals surface area contributed by atoms with Crippen LogP contribution in [0.2, 0.25) is 10.0 Å². The van der Waals surface area contributed by atoms with Gasteiger partial charge in [0.15, 0.2) is 0 Å². The molecule has 31 heavy (non-hydrogen) atoms. The first-order valence-corrected chi connectivity index (χ1v) is 11.2. The Morgan fingerprint density at radius 1 is 1.19 bits per heavy atom. The Morgan fingerprint density at radius 2 is 1.97 bits per heavy atom. The summed E-state index contributed by atoms with van der Waals surface area (Å²) in [6.45, 7) is 4.93. The highest BCUT2D eigenvalue weighted by molar-refractivity contribution is 6.35. The highest BCUT2D eigenvalue weighted by Crippen LogP contribution is 2.35. The predicted octanol–water partition coefficient (Wildman–Crippen LogP) is 2.05. The highest BCUT2D eigenvalue weighted by atomic mass is 35.5. The fourth-order valence-electron chi connectivity index (χ4n) is 4.36. The predicted molar refractivity (Wildman–Crippen MR) is 121 cm³/mol. The van der Waals surface area contributed by atoms with Crippen molar-refractivity contribution in [2.45, 2.75) is 6.17 Å². The zero-order valence-corrected chi connectivity index (χ0v) is 18.6. The quantitative estimate of drug-likeness (QED) is 0.714. The van der Waals surface area contributed by atoms with Gasteiger partial charge in [-0.15, -0.1) is 0 Å². The second-order valence-electron chi connectivity index (χ2n) is 8.27. The van der Waals surface area contributed by atoms with Crippen LogP contribution in [0, 0.1) is 5.92 Å². The van der Waals surface area contributed by atoms with E-state index >= 15 is 0 Å². The number of ether oxygens (including phenoxy) is 1. The molecule has 0 aliphatic carbocycles. The number of nitrogens with two attached hydrogens (primary N) is 1. The molecule has 7 nitrogen and oxygen atoms in total. The summed E-state index contributed by atoms with van der Waals surface area (Å²) in [5.41, 5.74) is 9.79. The van der Waals surface area contributed by atoms with Crippen molar-refractivity contribution < 1.29 is 9.53 Å². The van der Waals surface area contributed by atoms with Crippen molar-refractivity contribution in [1.29, 1.82) is 0 Å². The Bertz CT molecular complexity index is 980. The first-order valence-electron chi connectivity index (χ1n) is 10.5. The van der Waals surface area contributed by atoms with Gasteiger partial charge in [0.2, 0.25) is 5.91 Å². The molecule has 9 heteroatoms. The molecule has 0 saturated carbocycles. The minimum absolute atomic E-state index is 0.00877. The molecule has 164 valence electrons. The van der Waals surface area contributed by atoms with E-state index in [1.165, 1.54) is 0 Å². The van der Waals surface area contributed by atoms with Gasteiger partial charge in [-0.25, -0.2) is 0 Å². The lowest BCUT2D eigenvalue weighted by molar-refractivity contribution is -0.151. The Hall–Kier alpha value is -2.19. The van der Waals surface area contributed by atoms with Gasteiger partial charge < -0.3 is 25.6 Å². The third-order valence-corrected chi connectivity index (χ3v) is 6.74. The monoisotopic (exact) mass is 461 g/mol. The summed E-state index contributed by atoms with van der Waals surface area (Å²) in [4.78, 5) is 19.0. The zero-order chi connectivity index (χ0) is 21.5. The van der Waals surface area contributed by atoms with E-state index in [1.54, 1.807) is 6.07 Å². The molecule has 1 aromatic rings. The molecule has 4 aliphatic rings. The second kappa shape index (κ2) is 8.39. The van der Waals surface area contributed by atoms with Crippen molar-refractivity contribution >= 4 is 34.8 Å². The van der Waals surface area contributed by atoms with Gasteiger partial charge in [0.05, 0.1) is 35.5 Å². The van der Waals surface area contributed by atoms with E-state index in [4.69, 9.17) is 33.7 Å². The average molecular weight is 462 g/mol. The van der Waals surface area contributed by atoms with Crippen LogP contribution in [-0.2, 0) is 9.53 Å². The van der Waals surface area contributed by atoms with Crippen molar-refractivity contribution in [3.63, 3.8) is 0 Å². The van der Waals surface area contributed by atoms with E-state index in [0.717, 1.165) is 49.7 Å². The fraction of sp³-hybridized carbons (Fsp3) is 0.409. The fourth-order valence-corrected chi connectivity index (χ4v) is 4.87. The van der Waals surface area contributed by atoms with Crippen LogP contribution in [0.4, 0.5) is 0 Å². The summed E-state index contributed by atoms with van der Waals surface area (Å²) >= 11 is 12.7. The summed E-state index contributed by atoms with van der Waals surface area (Å²) < 4.78 is 5.17. The van der Waals surface area contributed by atoms with Gasteiger partial charge in [-0.1, -0.05) is 23.2 Å². The van der Waals surface area contributed by atoms with Gasteiger partial charge in [-0.3, -0.25) is 9.69 Å². The number of nitrogens with zero attached hydrogens (tertiary/aromatic N) is 3. The molecule has 1 atom stereocenters. The normalized spacial score (nSPS) is 24.1. The van der Waals surface area contributed by atoms with E-state index in [1.807, 2.05) is 35.4 Å². The summed E-state index contributed by atoms with van der Waals surface area (Å²) in [6, 6.07) is 5.55. The van der Waals surface area contributed by atoms with Gasteiger partial charge in [0.1, 0.15) is 6.17 Å². The summed E-state index contributed by atoms with van der Waals surface area (Å²) in [5.74, 6) is 0.263. The van der Waals surface area contributed by atoms with Crippen LogP contribution in [0.1, 0.15) is 5.56 Å². The summed E-state index contributed by atoms with van der Waals surface area (Å²) in [6.07, 6.45) is 5.90. The molecule has 0 spiro atoms. The third kappa shape index (κ3) is 4.03. The number of amides is 1. The van der Waals surface area contributed by atoms with E-state index in [0.29, 0.717) is 29.0 Å². The maximum atomic E-state index is 12.5. The van der Waals surface area contributed by atoms with Crippen LogP contribution in [-0.4, -0.2) is 72.7 Å². The Morgan fingerprint density at radius 3 is 2.65 bits per heavy atom. The average Bonchev–Trinajstić information content (AvgIpc) is 3.04. The van der Waals surface area contributed by atoms with Crippen molar-refractivity contribution in [2.24, 2.45) is 11.7 Å². The molecule has 1 unspecified atom stereocenters. The standard InChI is InChI=1S/C22H25Cl2N5O2/c23-15-1-3-17(18(24)9-15)21-19(29-10-16(25)2-4-20(29)26-21)11-27-5-7-28(8-6-27)22(30)14-12-31-13-14/h1-4,9-10,14,20,26H,5-8,11-13,25H2. The van der Waals surface area contributed by atoms with Crippen LogP contribution in [0.25, 0.3) is 5.70 Å². The molecule has 0 aromatic heterocycles. The minimum atomic E-state index is -0.00877. The lowest BCUT2D eigenvalue weighted by Gasteiger charge is -2.39. The Kier molecular flexibility index (Phi) is 5.60. The lowest BCUT2D eigenvalue weighted by Crippen LogP contribution is -2.53. The molecule has 1 aromatic carbocycles. The molecule has 5 rings (SSSR count). The molecule has 2 fully saturated rings. The van der Waals surface area contributed by atoms with E-state index in [-0.39, 0.29) is 18.0 Å². The smallest absolute Gasteiger partial charge is 0.230 e. The van der Waals surface area contributed by atoms with Crippen LogP contribution >= 0.6 is 23.2 Å². The number of halogens is 2. The number of allylic oxidation sites excluding steroid dienone is 1. The number of hydrogen-bond acceptors (Lipinski definition) is 6. The van der Waals surface area contributed by atoms with Crippen LogP contribution < -0.4 is 11.1 Å². The Balaban J connectivity index is 1.36. The van der Waals surface area contributed by atoms with E-state index in [2.05, 4.69) is 15.1 Å². The number of carbonyl (C=O) groups is 1. The van der Waals surface area contributed by atoms with Gasteiger partial charge in [0.25, 0.3) is 0 Å². The molecule has 1 amide bonds. The molecule has 4 heterocycles. The van der Waals surface area contributed by atoms with Crippen LogP contribution in [0.5, 0.6) is 0 Å². The van der Waals surface area contributed by atoms with Crippen molar-refractivity contribution in [1.82, 2.24) is 20.0 Å². The highest BCUT2D eigenvalue weighted by Gasteiger charge is 2.35. The van der Waals surface area contributed by atoms with Gasteiger partial charge in [0, 0.05) is 55.2 Å². The molecule has 0 radical (unpaired) electrons. The number of benzene rings is 1. The number of piperazine rings is 1. The summed E-state index contributed by atoms with van der Waals surface area (Å²) in [7, 11) is 0. The van der Waals surface area contributed by atoms with Gasteiger partial charge >= 0.3 is 0 Å². The number of hydrogen-bond donors (Lipinski definition) is 2. The Labute approximate surface area is 191 Å². The zero-order valence-electron chi connectivity index (χ0n) is 17.1. The first kappa shape index (κ1) is 20.7. The van der Waals surface area contributed by atoms with Crippen molar-refractivity contribution in [2.75, 3.05) is 45.9 Å². The summed E-state index contributed by atoms with van der Waals surface area (Å²) in [5, 5.41) is 4.78. The minimum Gasteiger partial charge on any atom is -0.398 e. The number of rotatable bonds is 4. The van der Waals surface area contributed by atoms with E-state index < -0.39 is 0 Å². The second-order valence-corrected chi connectivity index (χ2v) is 9.11. The number of carbonyl (C=O) groups excluding carboxylic acids is 1. The first-order chi connectivity index (χ1) is 15.0. The van der Waals surface area contributed by atoms with E-state index in [9.17, 15) is 4.79 Å². The molecular weight excluding hydrogens is 437 g/mol. The van der Waals surface area contributed by atoms with Crippen molar-refractivity contribution in [3.05, 3.63) is 63.6 Å². The maximum Gasteiger partial charge on any atom is 0.230 e. The number of fused-ring (bicyclic) bond motifs is 1. The van der Waals surface area contributed by atoms with Crippen LogP contribution in [0.15, 0.2) is 47.9 Å². The van der Waals surface area contributed by atoms with Gasteiger partial charge in [-0.2, -0.15) is 0 Å². The number of nitrogens with one attached hydrogen (secondary N) is 1. The van der Waals surface area contributed by atoms with Gasteiger partial charge in [-0.05, 0) is 30.4 Å². The molecule has 3 N–H and O–H groups in total. The SMILES string of the molecule is NC1=CN2C(CN3CCN(C(=O)C4COC4)CC3)=C(c3ccc(Cl)cc3Cl)NC2C=C1. The van der Waals surface area contributed by atoms with Crippen molar-refractivity contribution in [3.8, 4) is 0 Å². The largest absolute Gasteiger partial charge is 0.398 e.